The average molecular weight is 281 g/mol. The maximum absolute atomic E-state index is 12.3. The van der Waals surface area contributed by atoms with E-state index in [1.165, 1.54) is 32.1 Å². The Labute approximate surface area is 121 Å². The summed E-state index contributed by atoms with van der Waals surface area (Å²) < 4.78 is 11.5. The molecule has 20 heavy (non-hydrogen) atoms. The second kappa shape index (κ2) is 5.30. The molecule has 3 aliphatic rings. The highest BCUT2D eigenvalue weighted by molar-refractivity contribution is 5.77. The second-order valence-corrected chi connectivity index (χ2v) is 7.44. The van der Waals surface area contributed by atoms with Gasteiger partial charge in [-0.3, -0.25) is 4.79 Å². The lowest BCUT2D eigenvalue weighted by atomic mass is 9.79. The van der Waals surface area contributed by atoms with Gasteiger partial charge in [0, 0.05) is 19.5 Å². The van der Waals surface area contributed by atoms with E-state index in [0.29, 0.717) is 25.0 Å². The van der Waals surface area contributed by atoms with Crippen molar-refractivity contribution in [1.29, 1.82) is 0 Å². The molecule has 0 aromatic heterocycles. The fourth-order valence-corrected chi connectivity index (χ4v) is 3.63. The van der Waals surface area contributed by atoms with Crippen molar-refractivity contribution in [3.8, 4) is 0 Å². The lowest BCUT2D eigenvalue weighted by Crippen LogP contribution is -2.66. The molecular weight excluding hydrogens is 254 g/mol. The van der Waals surface area contributed by atoms with Crippen molar-refractivity contribution in [1.82, 2.24) is 4.90 Å². The van der Waals surface area contributed by atoms with Gasteiger partial charge in [-0.2, -0.15) is 0 Å². The van der Waals surface area contributed by atoms with Gasteiger partial charge in [0.05, 0.1) is 18.6 Å². The van der Waals surface area contributed by atoms with Crippen molar-refractivity contribution in [3.05, 3.63) is 0 Å². The van der Waals surface area contributed by atoms with Crippen molar-refractivity contribution in [3.63, 3.8) is 0 Å². The Bertz CT molecular complexity index is 356. The normalized spacial score (nSPS) is 29.2. The third-order valence-electron chi connectivity index (χ3n) is 5.05. The van der Waals surface area contributed by atoms with Crippen LogP contribution in [0.2, 0.25) is 0 Å². The molecular formula is C16H27NO3. The first-order valence-corrected chi connectivity index (χ1v) is 8.04. The van der Waals surface area contributed by atoms with Crippen LogP contribution in [0.4, 0.5) is 0 Å². The molecule has 2 heterocycles. The van der Waals surface area contributed by atoms with Gasteiger partial charge in [-0.1, -0.05) is 19.3 Å². The minimum Gasteiger partial charge on any atom is -0.350 e. The van der Waals surface area contributed by atoms with Crippen LogP contribution in [0.25, 0.3) is 0 Å². The van der Waals surface area contributed by atoms with E-state index in [9.17, 15) is 4.79 Å². The molecule has 0 aromatic rings. The first kappa shape index (κ1) is 14.3. The van der Waals surface area contributed by atoms with Crippen LogP contribution < -0.4 is 0 Å². The highest BCUT2D eigenvalue weighted by Gasteiger charge is 2.50. The first-order valence-electron chi connectivity index (χ1n) is 8.04. The zero-order valence-electron chi connectivity index (χ0n) is 12.8. The number of carbonyl (C=O) groups is 1. The summed E-state index contributed by atoms with van der Waals surface area (Å²) in [6.45, 7) is 6.96. The number of rotatable bonds is 2. The molecule has 4 heteroatoms. The number of hydrogen-bond acceptors (Lipinski definition) is 3. The molecule has 114 valence electrons. The number of likely N-dealkylation sites (tertiary alicyclic amines) is 1. The van der Waals surface area contributed by atoms with E-state index >= 15 is 0 Å². The Morgan fingerprint density at radius 3 is 2.30 bits per heavy atom. The second-order valence-electron chi connectivity index (χ2n) is 7.44. The summed E-state index contributed by atoms with van der Waals surface area (Å²) in [6, 6.07) is 0. The minimum absolute atomic E-state index is 0.0672. The van der Waals surface area contributed by atoms with Crippen molar-refractivity contribution < 1.29 is 14.3 Å². The fourth-order valence-electron chi connectivity index (χ4n) is 3.63. The third-order valence-corrected chi connectivity index (χ3v) is 5.05. The highest BCUT2D eigenvalue weighted by atomic mass is 16.7. The van der Waals surface area contributed by atoms with Gasteiger partial charge in [-0.05, 0) is 32.6 Å². The average Bonchev–Trinajstić information content (AvgIpc) is 2.38. The summed E-state index contributed by atoms with van der Waals surface area (Å²) in [5.41, 5.74) is 0.0672. The summed E-state index contributed by atoms with van der Waals surface area (Å²) >= 11 is 0. The lowest BCUT2D eigenvalue weighted by Gasteiger charge is -2.54. The van der Waals surface area contributed by atoms with Crippen LogP contribution in [0, 0.1) is 11.3 Å². The maximum Gasteiger partial charge on any atom is 0.222 e. The van der Waals surface area contributed by atoms with E-state index in [-0.39, 0.29) is 5.41 Å². The van der Waals surface area contributed by atoms with E-state index < -0.39 is 5.79 Å². The molecule has 2 aliphatic heterocycles. The van der Waals surface area contributed by atoms with Crippen molar-refractivity contribution in [2.45, 2.75) is 58.2 Å². The number of amides is 1. The molecule has 1 spiro atoms. The van der Waals surface area contributed by atoms with E-state index in [0.717, 1.165) is 19.5 Å². The van der Waals surface area contributed by atoms with Crippen LogP contribution in [-0.4, -0.2) is 42.9 Å². The monoisotopic (exact) mass is 281 g/mol. The Balaban J connectivity index is 1.44. The molecule has 0 aromatic carbocycles. The number of hydrogen-bond donors (Lipinski definition) is 0. The molecule has 0 unspecified atom stereocenters. The molecule has 0 bridgehead atoms. The Hall–Kier alpha value is -0.610. The summed E-state index contributed by atoms with van der Waals surface area (Å²) in [5.74, 6) is 0.510. The quantitative estimate of drug-likeness (QED) is 0.781. The van der Waals surface area contributed by atoms with E-state index in [4.69, 9.17) is 9.47 Å². The smallest absolute Gasteiger partial charge is 0.222 e. The van der Waals surface area contributed by atoms with Gasteiger partial charge in [-0.15, -0.1) is 0 Å². The van der Waals surface area contributed by atoms with Crippen LogP contribution in [0.15, 0.2) is 0 Å². The number of carbonyl (C=O) groups excluding carboxylic acids is 1. The summed E-state index contributed by atoms with van der Waals surface area (Å²) in [7, 11) is 0. The topological polar surface area (TPSA) is 38.8 Å². The van der Waals surface area contributed by atoms with Crippen molar-refractivity contribution in [2.24, 2.45) is 11.3 Å². The van der Waals surface area contributed by atoms with Gasteiger partial charge in [0.1, 0.15) is 0 Å². The standard InChI is InChI=1S/C16H27NO3/c1-15(2)19-11-16(12-20-15)9-17(10-16)14(18)8-13-6-4-3-5-7-13/h13H,3-12H2,1-2H3. The van der Waals surface area contributed by atoms with Gasteiger partial charge in [0.15, 0.2) is 5.79 Å². The molecule has 1 aliphatic carbocycles. The number of ether oxygens (including phenoxy) is 2. The molecule has 3 rings (SSSR count). The van der Waals surface area contributed by atoms with E-state index in [1.54, 1.807) is 0 Å². The van der Waals surface area contributed by atoms with Gasteiger partial charge in [0.2, 0.25) is 5.91 Å². The van der Waals surface area contributed by atoms with Crippen molar-refractivity contribution in [2.75, 3.05) is 26.3 Å². The maximum atomic E-state index is 12.3. The van der Waals surface area contributed by atoms with Crippen LogP contribution >= 0.6 is 0 Å². The predicted octanol–water partition coefficient (Wildman–Crippen LogP) is 2.57. The van der Waals surface area contributed by atoms with Gasteiger partial charge in [0.25, 0.3) is 0 Å². The predicted molar refractivity (Wildman–Crippen MR) is 76.2 cm³/mol. The number of nitrogens with zero attached hydrogens (tertiary/aromatic N) is 1. The Morgan fingerprint density at radius 2 is 1.70 bits per heavy atom. The molecule has 0 radical (unpaired) electrons. The molecule has 3 fully saturated rings. The Kier molecular flexibility index (Phi) is 3.80. The Morgan fingerprint density at radius 1 is 1.10 bits per heavy atom. The van der Waals surface area contributed by atoms with Crippen LogP contribution in [0.5, 0.6) is 0 Å². The van der Waals surface area contributed by atoms with Crippen LogP contribution in [-0.2, 0) is 14.3 Å². The summed E-state index contributed by atoms with van der Waals surface area (Å²) in [6.07, 6.45) is 7.19. The summed E-state index contributed by atoms with van der Waals surface area (Å²) in [4.78, 5) is 14.3. The molecule has 0 atom stereocenters. The molecule has 0 N–H and O–H groups in total. The van der Waals surface area contributed by atoms with E-state index in [1.807, 2.05) is 18.7 Å². The zero-order chi connectivity index (χ0) is 14.2. The van der Waals surface area contributed by atoms with Crippen LogP contribution in [0.3, 0.4) is 0 Å². The van der Waals surface area contributed by atoms with Crippen LogP contribution in [0.1, 0.15) is 52.4 Å². The fraction of sp³-hybridized carbons (Fsp3) is 0.938. The molecule has 2 saturated heterocycles. The van der Waals surface area contributed by atoms with Gasteiger partial charge >= 0.3 is 0 Å². The lowest BCUT2D eigenvalue weighted by molar-refractivity contribution is -0.303. The largest absolute Gasteiger partial charge is 0.350 e. The van der Waals surface area contributed by atoms with Crippen molar-refractivity contribution >= 4 is 5.91 Å². The van der Waals surface area contributed by atoms with Gasteiger partial charge in [-0.25, -0.2) is 0 Å². The van der Waals surface area contributed by atoms with E-state index in [2.05, 4.69) is 0 Å². The molecule has 4 nitrogen and oxygen atoms in total. The highest BCUT2D eigenvalue weighted by Crippen LogP contribution is 2.38. The molecule has 1 amide bonds. The minimum atomic E-state index is -0.461. The third kappa shape index (κ3) is 3.01. The zero-order valence-corrected chi connectivity index (χ0v) is 12.8. The SMILES string of the molecule is CC1(C)OCC2(CO1)CN(C(=O)CC1CCCCC1)C2. The van der Waals surface area contributed by atoms with Gasteiger partial charge < -0.3 is 14.4 Å². The summed E-state index contributed by atoms with van der Waals surface area (Å²) in [5, 5.41) is 0. The molecule has 1 saturated carbocycles. The first-order chi connectivity index (χ1) is 9.48.